The smallest absolute Gasteiger partial charge is 0.270 e. The number of carbonyl (C=O) groups excluding carboxylic acids is 1. The zero-order valence-electron chi connectivity index (χ0n) is 11.8. The van der Waals surface area contributed by atoms with Crippen molar-refractivity contribution >= 4 is 11.5 Å². The maximum absolute atomic E-state index is 12.4. The molecule has 112 valence electrons. The fourth-order valence-corrected chi connectivity index (χ4v) is 3.37. The van der Waals surface area contributed by atoms with Gasteiger partial charge in [0.05, 0.1) is 11.1 Å². The van der Waals surface area contributed by atoms with E-state index >= 15 is 0 Å². The van der Waals surface area contributed by atoms with Gasteiger partial charge < -0.3 is 5.32 Å². The van der Waals surface area contributed by atoms with Crippen LogP contribution >= 0.6 is 0 Å². The predicted octanol–water partition coefficient (Wildman–Crippen LogP) is 1.95. The van der Waals surface area contributed by atoms with Crippen LogP contribution in [0.1, 0.15) is 36.0 Å². The Morgan fingerprint density at radius 2 is 2.29 bits per heavy atom. The molecule has 1 aromatic carbocycles. The number of ketones is 1. The Balaban J connectivity index is 1.71. The quantitative estimate of drug-likeness (QED) is 0.521. The summed E-state index contributed by atoms with van der Waals surface area (Å²) in [6.07, 6.45) is 4.11. The molecule has 2 fully saturated rings. The first-order valence-corrected chi connectivity index (χ1v) is 7.42. The molecule has 2 unspecified atom stereocenters. The zero-order chi connectivity index (χ0) is 14.8. The number of carbonyl (C=O) groups is 1. The van der Waals surface area contributed by atoms with E-state index in [0.717, 1.165) is 25.9 Å². The molecule has 0 amide bonds. The molecule has 2 aliphatic rings. The Kier molecular flexibility index (Phi) is 3.98. The molecule has 2 atom stereocenters. The molecule has 0 aromatic heterocycles. The van der Waals surface area contributed by atoms with E-state index < -0.39 is 4.92 Å². The Morgan fingerprint density at radius 3 is 3.10 bits per heavy atom. The van der Waals surface area contributed by atoms with Crippen molar-refractivity contribution in [2.75, 3.05) is 13.1 Å². The normalized spacial score (nSPS) is 25.5. The summed E-state index contributed by atoms with van der Waals surface area (Å²) in [7, 11) is 0. The van der Waals surface area contributed by atoms with E-state index in [0.29, 0.717) is 18.2 Å². The minimum absolute atomic E-state index is 0.00347. The van der Waals surface area contributed by atoms with Crippen molar-refractivity contribution in [3.63, 3.8) is 0 Å². The second-order valence-electron chi connectivity index (χ2n) is 5.73. The Hall–Kier alpha value is -1.79. The third-order valence-corrected chi connectivity index (χ3v) is 4.42. The lowest BCUT2D eigenvalue weighted by Crippen LogP contribution is -2.53. The lowest BCUT2D eigenvalue weighted by atomic mass is 9.98. The van der Waals surface area contributed by atoms with Gasteiger partial charge in [0.2, 0.25) is 0 Å². The van der Waals surface area contributed by atoms with Crippen molar-refractivity contribution in [3.8, 4) is 0 Å². The highest BCUT2D eigenvalue weighted by Crippen LogP contribution is 2.26. The number of hydrogen-bond acceptors (Lipinski definition) is 5. The number of nitro benzene ring substituents is 1. The molecular formula is C15H19N3O3. The van der Waals surface area contributed by atoms with Gasteiger partial charge in [-0.25, -0.2) is 0 Å². The number of rotatable bonds is 4. The standard InChI is InChI=1S/C15H19N3O3/c19-14(11-3-1-4-13(9-11)18(20)21)10-12-6-7-16-15-5-2-8-17(12)15/h1,3-4,9,12,15-16H,2,5-8,10H2. The van der Waals surface area contributed by atoms with Crippen molar-refractivity contribution in [1.82, 2.24) is 10.2 Å². The van der Waals surface area contributed by atoms with Crippen molar-refractivity contribution in [3.05, 3.63) is 39.9 Å². The average molecular weight is 289 g/mol. The van der Waals surface area contributed by atoms with Gasteiger partial charge in [-0.3, -0.25) is 19.8 Å². The molecule has 21 heavy (non-hydrogen) atoms. The molecule has 0 spiro atoms. The Morgan fingerprint density at radius 1 is 1.43 bits per heavy atom. The van der Waals surface area contributed by atoms with Crippen LogP contribution in [0.2, 0.25) is 0 Å². The summed E-state index contributed by atoms with van der Waals surface area (Å²) in [5, 5.41) is 14.3. The lowest BCUT2D eigenvalue weighted by molar-refractivity contribution is -0.384. The maximum atomic E-state index is 12.4. The van der Waals surface area contributed by atoms with Crippen LogP contribution in [0.15, 0.2) is 24.3 Å². The first-order valence-electron chi connectivity index (χ1n) is 7.42. The summed E-state index contributed by atoms with van der Waals surface area (Å²) in [6.45, 7) is 1.97. The monoisotopic (exact) mass is 289 g/mol. The predicted molar refractivity (Wildman–Crippen MR) is 78.2 cm³/mol. The fraction of sp³-hybridized carbons (Fsp3) is 0.533. The molecule has 6 nitrogen and oxygen atoms in total. The molecule has 2 aliphatic heterocycles. The van der Waals surface area contributed by atoms with Crippen molar-refractivity contribution in [2.45, 2.75) is 37.9 Å². The third-order valence-electron chi connectivity index (χ3n) is 4.42. The van der Waals surface area contributed by atoms with Crippen LogP contribution in [0.25, 0.3) is 0 Å². The number of nitro groups is 1. The second-order valence-corrected chi connectivity index (χ2v) is 5.73. The summed E-state index contributed by atoms with van der Waals surface area (Å²) in [6, 6.07) is 6.29. The highest BCUT2D eigenvalue weighted by atomic mass is 16.6. The lowest BCUT2D eigenvalue weighted by Gasteiger charge is -2.38. The van der Waals surface area contributed by atoms with Gasteiger partial charge in [0.15, 0.2) is 5.78 Å². The number of nitrogens with one attached hydrogen (secondary N) is 1. The van der Waals surface area contributed by atoms with Crippen LogP contribution < -0.4 is 5.32 Å². The van der Waals surface area contributed by atoms with Crippen molar-refractivity contribution in [1.29, 1.82) is 0 Å². The molecule has 2 saturated heterocycles. The van der Waals surface area contributed by atoms with E-state index in [1.54, 1.807) is 12.1 Å². The minimum atomic E-state index is -0.461. The van der Waals surface area contributed by atoms with Gasteiger partial charge in [-0.05, 0) is 25.8 Å². The summed E-state index contributed by atoms with van der Waals surface area (Å²) in [4.78, 5) is 25.1. The van der Waals surface area contributed by atoms with E-state index in [4.69, 9.17) is 0 Å². The molecule has 6 heteroatoms. The summed E-state index contributed by atoms with van der Waals surface area (Å²) in [5.74, 6) is -0.00347. The van der Waals surface area contributed by atoms with Gasteiger partial charge in [0, 0.05) is 36.7 Å². The highest BCUT2D eigenvalue weighted by Gasteiger charge is 2.34. The molecule has 3 rings (SSSR count). The van der Waals surface area contributed by atoms with E-state index in [2.05, 4.69) is 10.2 Å². The van der Waals surface area contributed by atoms with Crippen LogP contribution in [0.4, 0.5) is 5.69 Å². The molecule has 0 bridgehead atoms. The van der Waals surface area contributed by atoms with Crippen molar-refractivity contribution in [2.24, 2.45) is 0 Å². The van der Waals surface area contributed by atoms with E-state index in [9.17, 15) is 14.9 Å². The second kappa shape index (κ2) is 5.91. The molecule has 1 aromatic rings. The number of hydrogen-bond donors (Lipinski definition) is 1. The summed E-state index contributed by atoms with van der Waals surface area (Å²) < 4.78 is 0. The van der Waals surface area contributed by atoms with Crippen LogP contribution in [0.3, 0.4) is 0 Å². The van der Waals surface area contributed by atoms with Gasteiger partial charge in [-0.2, -0.15) is 0 Å². The SMILES string of the molecule is O=C(CC1CCNC2CCCN12)c1cccc([N+](=O)[O-])c1. The number of nitrogens with zero attached hydrogens (tertiary/aromatic N) is 2. The van der Waals surface area contributed by atoms with E-state index in [1.165, 1.54) is 18.6 Å². The molecular weight excluding hydrogens is 270 g/mol. The summed E-state index contributed by atoms with van der Waals surface area (Å²) in [5.41, 5.74) is 0.420. The zero-order valence-corrected chi connectivity index (χ0v) is 11.8. The maximum Gasteiger partial charge on any atom is 0.270 e. The average Bonchev–Trinajstić information content (AvgIpc) is 2.97. The topological polar surface area (TPSA) is 75.5 Å². The van der Waals surface area contributed by atoms with Gasteiger partial charge in [-0.15, -0.1) is 0 Å². The first kappa shape index (κ1) is 14.2. The first-order chi connectivity index (χ1) is 10.1. The molecule has 0 aliphatic carbocycles. The Bertz CT molecular complexity index is 561. The number of non-ortho nitro benzene ring substituents is 1. The van der Waals surface area contributed by atoms with Gasteiger partial charge >= 0.3 is 0 Å². The number of fused-ring (bicyclic) bond motifs is 1. The molecule has 0 radical (unpaired) electrons. The van der Waals surface area contributed by atoms with Gasteiger partial charge in [0.1, 0.15) is 0 Å². The Labute approximate surface area is 123 Å². The van der Waals surface area contributed by atoms with E-state index in [1.807, 2.05) is 0 Å². The molecule has 2 heterocycles. The van der Waals surface area contributed by atoms with Crippen LogP contribution in [-0.2, 0) is 0 Å². The number of Topliss-reactive ketones (excluding diaryl/α,β-unsaturated/α-hetero) is 1. The van der Waals surface area contributed by atoms with Crippen molar-refractivity contribution < 1.29 is 9.72 Å². The third kappa shape index (κ3) is 2.96. The molecule has 1 N–H and O–H groups in total. The minimum Gasteiger partial charge on any atom is -0.302 e. The van der Waals surface area contributed by atoms with E-state index in [-0.39, 0.29) is 17.5 Å². The molecule has 0 saturated carbocycles. The van der Waals surface area contributed by atoms with Crippen LogP contribution in [-0.4, -0.2) is 40.9 Å². The van der Waals surface area contributed by atoms with Gasteiger partial charge in [0.25, 0.3) is 5.69 Å². The summed E-state index contributed by atoms with van der Waals surface area (Å²) >= 11 is 0. The largest absolute Gasteiger partial charge is 0.302 e. The van der Waals surface area contributed by atoms with Gasteiger partial charge in [-0.1, -0.05) is 12.1 Å². The number of benzene rings is 1. The van der Waals surface area contributed by atoms with Crippen LogP contribution in [0.5, 0.6) is 0 Å². The highest BCUT2D eigenvalue weighted by molar-refractivity contribution is 5.97. The fourth-order valence-electron chi connectivity index (χ4n) is 3.37. The van der Waals surface area contributed by atoms with Crippen LogP contribution in [0, 0.1) is 10.1 Å².